The average Bonchev–Trinajstić information content (AvgIpc) is 3.25. The highest BCUT2D eigenvalue weighted by Gasteiger charge is 2.31. The van der Waals surface area contributed by atoms with E-state index in [1.165, 1.54) is 0 Å². The van der Waals surface area contributed by atoms with Gasteiger partial charge in [0.15, 0.2) is 6.10 Å². The molecule has 7 heteroatoms. The first kappa shape index (κ1) is 15.7. The molecule has 0 aromatic carbocycles. The highest BCUT2D eigenvalue weighted by molar-refractivity contribution is 5.80. The Morgan fingerprint density at radius 3 is 2.65 bits per heavy atom. The number of carbonyl (C=O) groups is 1. The second-order valence-corrected chi connectivity index (χ2v) is 6.08. The lowest BCUT2D eigenvalue weighted by Gasteiger charge is -2.33. The van der Waals surface area contributed by atoms with E-state index in [0.29, 0.717) is 31.5 Å². The highest BCUT2D eigenvalue weighted by Crippen LogP contribution is 2.24. The largest absolute Gasteiger partial charge is 0.422 e. The molecule has 2 aromatic rings. The van der Waals surface area contributed by atoms with E-state index >= 15 is 0 Å². The smallest absolute Gasteiger partial charge is 0.247 e. The Morgan fingerprint density at radius 1 is 1.26 bits per heavy atom. The molecule has 0 aliphatic carbocycles. The van der Waals surface area contributed by atoms with Gasteiger partial charge in [-0.05, 0) is 19.1 Å². The third-order valence-corrected chi connectivity index (χ3v) is 4.04. The number of rotatable bonds is 4. The Labute approximate surface area is 135 Å². The van der Waals surface area contributed by atoms with Gasteiger partial charge < -0.3 is 18.6 Å². The Balaban J connectivity index is 1.69. The summed E-state index contributed by atoms with van der Waals surface area (Å²) in [7, 11) is 0. The van der Waals surface area contributed by atoms with Crippen molar-refractivity contribution in [3.63, 3.8) is 0 Å². The molecule has 1 amide bonds. The molecule has 0 unspecified atom stereocenters. The van der Waals surface area contributed by atoms with Gasteiger partial charge in [-0.15, -0.1) is 10.2 Å². The van der Waals surface area contributed by atoms with E-state index in [4.69, 9.17) is 9.15 Å². The van der Waals surface area contributed by atoms with Gasteiger partial charge in [0.05, 0.1) is 13.2 Å². The van der Waals surface area contributed by atoms with Gasteiger partial charge in [-0.2, -0.15) is 0 Å². The minimum Gasteiger partial charge on any atom is -0.422 e. The first-order chi connectivity index (χ1) is 11.1. The Morgan fingerprint density at radius 2 is 2.00 bits per heavy atom. The molecule has 2 atom stereocenters. The Bertz CT molecular complexity index is 650. The summed E-state index contributed by atoms with van der Waals surface area (Å²) in [5.41, 5.74) is 0. The molecule has 2 aromatic heterocycles. The lowest BCUT2D eigenvalue weighted by atomic mass is 10.2. The molecule has 0 bridgehead atoms. The van der Waals surface area contributed by atoms with Crippen LogP contribution in [0.15, 0.2) is 28.9 Å². The minimum absolute atomic E-state index is 0.0677. The monoisotopic (exact) mass is 318 g/mol. The predicted octanol–water partition coefficient (Wildman–Crippen LogP) is 2.16. The van der Waals surface area contributed by atoms with E-state index in [1.54, 1.807) is 4.90 Å². The molecule has 0 N–H and O–H groups in total. The van der Waals surface area contributed by atoms with Crippen molar-refractivity contribution in [3.8, 4) is 0 Å². The van der Waals surface area contributed by atoms with E-state index in [-0.39, 0.29) is 24.0 Å². The maximum atomic E-state index is 12.7. The molecular formula is C16H22N4O3. The molecule has 1 aliphatic heterocycles. The van der Waals surface area contributed by atoms with Crippen molar-refractivity contribution in [2.75, 3.05) is 19.7 Å². The number of aromatic nitrogens is 3. The molecule has 1 aliphatic rings. The first-order valence-electron chi connectivity index (χ1n) is 7.92. The average molecular weight is 318 g/mol. The van der Waals surface area contributed by atoms with Crippen LogP contribution in [0.3, 0.4) is 0 Å². The molecule has 3 heterocycles. The van der Waals surface area contributed by atoms with E-state index in [0.717, 1.165) is 0 Å². The summed E-state index contributed by atoms with van der Waals surface area (Å²) < 4.78 is 13.3. The second kappa shape index (κ2) is 6.54. The van der Waals surface area contributed by atoms with Crippen LogP contribution < -0.4 is 0 Å². The summed E-state index contributed by atoms with van der Waals surface area (Å²) in [6.07, 6.45) is 3.44. The molecule has 1 fully saturated rings. The summed E-state index contributed by atoms with van der Waals surface area (Å²) in [5.74, 6) is 1.28. The third-order valence-electron chi connectivity index (χ3n) is 4.04. The maximum Gasteiger partial charge on any atom is 0.247 e. The SMILES string of the molecule is CC(C)c1nnc([C@H]2CN(C(=O)[C@H](C)n3cccc3)CCO2)o1. The van der Waals surface area contributed by atoms with Gasteiger partial charge in [0.25, 0.3) is 0 Å². The predicted molar refractivity (Wildman–Crippen MR) is 82.8 cm³/mol. The number of morpholine rings is 1. The zero-order chi connectivity index (χ0) is 16.4. The van der Waals surface area contributed by atoms with E-state index < -0.39 is 0 Å². The van der Waals surface area contributed by atoms with E-state index in [1.807, 2.05) is 49.9 Å². The van der Waals surface area contributed by atoms with E-state index in [9.17, 15) is 4.79 Å². The fraction of sp³-hybridized carbons (Fsp3) is 0.562. The van der Waals surface area contributed by atoms with Gasteiger partial charge in [0, 0.05) is 24.9 Å². The molecule has 124 valence electrons. The van der Waals surface area contributed by atoms with Crippen LogP contribution in [0.5, 0.6) is 0 Å². The summed E-state index contributed by atoms with van der Waals surface area (Å²) in [5, 5.41) is 8.10. The fourth-order valence-corrected chi connectivity index (χ4v) is 2.61. The van der Waals surface area contributed by atoms with Crippen molar-refractivity contribution in [1.82, 2.24) is 19.7 Å². The lowest BCUT2D eigenvalue weighted by molar-refractivity contribution is -0.143. The highest BCUT2D eigenvalue weighted by atomic mass is 16.5. The van der Waals surface area contributed by atoms with Gasteiger partial charge in [0.2, 0.25) is 17.7 Å². The van der Waals surface area contributed by atoms with Crippen LogP contribution in [0.1, 0.15) is 50.6 Å². The number of hydrogen-bond donors (Lipinski definition) is 0. The van der Waals surface area contributed by atoms with Crippen LogP contribution in [-0.4, -0.2) is 45.3 Å². The van der Waals surface area contributed by atoms with Gasteiger partial charge in [0.1, 0.15) is 6.04 Å². The second-order valence-electron chi connectivity index (χ2n) is 6.08. The van der Waals surface area contributed by atoms with Gasteiger partial charge >= 0.3 is 0 Å². The number of amides is 1. The Kier molecular flexibility index (Phi) is 4.47. The van der Waals surface area contributed by atoms with Crippen LogP contribution in [0.25, 0.3) is 0 Å². The number of nitrogens with zero attached hydrogens (tertiary/aromatic N) is 4. The van der Waals surface area contributed by atoms with Crippen LogP contribution >= 0.6 is 0 Å². The van der Waals surface area contributed by atoms with Crippen LogP contribution in [0.4, 0.5) is 0 Å². The maximum absolute atomic E-state index is 12.7. The van der Waals surface area contributed by atoms with Gasteiger partial charge in [-0.1, -0.05) is 13.8 Å². The summed E-state index contributed by atoms with van der Waals surface area (Å²) in [6, 6.07) is 3.59. The molecule has 0 radical (unpaired) electrons. The van der Waals surface area contributed by atoms with Crippen molar-refractivity contribution in [1.29, 1.82) is 0 Å². The first-order valence-corrected chi connectivity index (χ1v) is 7.92. The molecule has 0 spiro atoms. The van der Waals surface area contributed by atoms with Crippen LogP contribution in [-0.2, 0) is 9.53 Å². The van der Waals surface area contributed by atoms with Crippen molar-refractivity contribution in [3.05, 3.63) is 36.3 Å². The third kappa shape index (κ3) is 3.29. The number of carbonyl (C=O) groups excluding carboxylic acids is 1. The molecule has 1 saturated heterocycles. The van der Waals surface area contributed by atoms with Crippen molar-refractivity contribution in [2.24, 2.45) is 0 Å². The van der Waals surface area contributed by atoms with E-state index in [2.05, 4.69) is 10.2 Å². The van der Waals surface area contributed by atoms with Gasteiger partial charge in [-0.25, -0.2) is 0 Å². The minimum atomic E-state index is -0.357. The van der Waals surface area contributed by atoms with Crippen LogP contribution in [0, 0.1) is 0 Å². The van der Waals surface area contributed by atoms with Crippen molar-refractivity contribution < 1.29 is 13.9 Å². The van der Waals surface area contributed by atoms with Gasteiger partial charge in [-0.3, -0.25) is 4.79 Å². The molecule has 23 heavy (non-hydrogen) atoms. The normalized spacial score (nSPS) is 20.0. The fourth-order valence-electron chi connectivity index (χ4n) is 2.61. The number of ether oxygens (including phenoxy) is 1. The molecule has 0 saturated carbocycles. The molecule has 3 rings (SSSR count). The summed E-state index contributed by atoms with van der Waals surface area (Å²) >= 11 is 0. The zero-order valence-corrected chi connectivity index (χ0v) is 13.7. The zero-order valence-electron chi connectivity index (χ0n) is 13.7. The van der Waals surface area contributed by atoms with Crippen molar-refractivity contribution >= 4 is 5.91 Å². The molecule has 7 nitrogen and oxygen atoms in total. The molecular weight excluding hydrogens is 296 g/mol. The Hall–Kier alpha value is -2.15. The summed E-state index contributed by atoms with van der Waals surface area (Å²) in [4.78, 5) is 14.5. The summed E-state index contributed by atoms with van der Waals surface area (Å²) in [6.45, 7) is 7.36. The number of hydrogen-bond acceptors (Lipinski definition) is 5. The lowest BCUT2D eigenvalue weighted by Crippen LogP contribution is -2.44. The van der Waals surface area contributed by atoms with Crippen LogP contribution in [0.2, 0.25) is 0 Å². The topological polar surface area (TPSA) is 73.4 Å². The van der Waals surface area contributed by atoms with Crippen molar-refractivity contribution in [2.45, 2.75) is 38.8 Å². The standard InChI is InChI=1S/C16H22N4O3/c1-11(2)14-17-18-15(23-14)13-10-20(8-9-22-13)16(21)12(3)19-6-4-5-7-19/h4-7,11-13H,8-10H2,1-3H3/t12-,13+/m0/s1. The quantitative estimate of drug-likeness (QED) is 0.863.